The second-order valence-electron chi connectivity index (χ2n) is 4.14. The third-order valence-corrected chi connectivity index (χ3v) is 4.22. The van der Waals surface area contributed by atoms with Gasteiger partial charge in [-0.25, -0.2) is 0 Å². The van der Waals surface area contributed by atoms with Crippen molar-refractivity contribution in [3.63, 3.8) is 0 Å². The maximum Gasteiger partial charge on any atom is 0.668 e. The number of benzene rings is 1. The molecule has 0 spiro atoms. The first kappa shape index (κ1) is 10.1. The van der Waals surface area contributed by atoms with Gasteiger partial charge in [0.1, 0.15) is 0 Å². The van der Waals surface area contributed by atoms with Crippen LogP contribution in [0.4, 0.5) is 0 Å². The van der Waals surface area contributed by atoms with Gasteiger partial charge in [-0.1, -0.05) is 0 Å². The predicted molar refractivity (Wildman–Crippen MR) is 61.8 cm³/mol. The number of phenols is 1. The van der Waals surface area contributed by atoms with Crippen molar-refractivity contribution in [3.05, 3.63) is 17.7 Å². The Morgan fingerprint density at radius 1 is 1.39 bits per heavy atom. The Bertz CT molecular complexity index is 738. The molecule has 0 aliphatic carbocycles. The van der Waals surface area contributed by atoms with Crippen LogP contribution < -0.4 is 19.4 Å². The highest BCUT2D eigenvalue weighted by atomic mass is 31.2. The van der Waals surface area contributed by atoms with E-state index in [1.807, 2.05) is 0 Å². The van der Waals surface area contributed by atoms with Crippen molar-refractivity contribution in [2.45, 2.75) is 6.42 Å². The summed E-state index contributed by atoms with van der Waals surface area (Å²) in [7, 11) is -3.72. The second kappa shape index (κ2) is 2.93. The molecule has 8 heteroatoms. The van der Waals surface area contributed by atoms with E-state index in [0.717, 1.165) is 5.56 Å². The first-order valence-electron chi connectivity index (χ1n) is 5.41. The molecule has 1 aromatic carbocycles. The largest absolute Gasteiger partial charge is 0.668 e. The van der Waals surface area contributed by atoms with Crippen LogP contribution in [0.1, 0.15) is 5.56 Å². The Kier molecular flexibility index (Phi) is 1.65. The zero-order chi connectivity index (χ0) is 12.5. The summed E-state index contributed by atoms with van der Waals surface area (Å²) in [5.74, 6) is 0.387. The molecule has 2 aromatic rings. The van der Waals surface area contributed by atoms with E-state index in [2.05, 4.69) is 0 Å². The zero-order valence-electron chi connectivity index (χ0n) is 9.12. The molecule has 0 fully saturated rings. The van der Waals surface area contributed by atoms with E-state index >= 15 is 0 Å². The summed E-state index contributed by atoms with van der Waals surface area (Å²) >= 11 is 0. The number of aromatic nitrogens is 1. The molecule has 5 rings (SSSR count). The molecule has 18 heavy (non-hydrogen) atoms. The molecule has 0 saturated carbocycles. The predicted octanol–water partition coefficient (Wildman–Crippen LogP) is 1.17. The lowest BCUT2D eigenvalue weighted by Crippen LogP contribution is -2.03. The van der Waals surface area contributed by atoms with Crippen molar-refractivity contribution in [1.82, 2.24) is 4.73 Å². The molecule has 94 valence electrons. The van der Waals surface area contributed by atoms with Crippen LogP contribution in [0, 0.1) is 0 Å². The third-order valence-electron chi connectivity index (χ3n) is 3.06. The molecule has 3 aliphatic heterocycles. The topological polar surface area (TPSA) is 95.9 Å². The van der Waals surface area contributed by atoms with Crippen molar-refractivity contribution in [1.29, 1.82) is 0 Å². The van der Waals surface area contributed by atoms with Gasteiger partial charge in [-0.05, 0) is 25.1 Å². The van der Waals surface area contributed by atoms with Crippen LogP contribution in [0.3, 0.4) is 0 Å². The maximum absolute atomic E-state index is 12.2. The number of hydrogen-bond donors (Lipinski definition) is 2. The second-order valence-corrected chi connectivity index (χ2v) is 5.56. The van der Waals surface area contributed by atoms with Gasteiger partial charge in [-0.2, -0.15) is 4.57 Å². The third kappa shape index (κ3) is 1.01. The molecular weight excluding hydrogens is 259 g/mol. The lowest BCUT2D eigenvalue weighted by Gasteiger charge is -2.07. The van der Waals surface area contributed by atoms with Crippen LogP contribution in [0.2, 0.25) is 0 Å². The van der Waals surface area contributed by atoms with Gasteiger partial charge in [0.2, 0.25) is 5.88 Å². The van der Waals surface area contributed by atoms with E-state index in [9.17, 15) is 9.67 Å². The number of phosphoric ester groups is 1. The molecule has 7 nitrogen and oxygen atoms in total. The normalized spacial score (nSPS) is 22.9. The number of phosphoric acid groups is 1. The highest BCUT2D eigenvalue weighted by Gasteiger charge is 2.49. The van der Waals surface area contributed by atoms with Gasteiger partial charge in [-0.3, -0.25) is 4.62 Å². The zero-order valence-corrected chi connectivity index (χ0v) is 10.0. The number of hydrogen-bond acceptors (Lipinski definition) is 6. The Labute approximate surface area is 101 Å². The van der Waals surface area contributed by atoms with Gasteiger partial charge >= 0.3 is 7.82 Å². The standard InChI is InChI=1S/C10H9N2O5P/c11-4-3-5-8-6-1-2-7(13)9(8)15-18(14)16-10(5)12(6)17-18/h1-2,13H,3-4,11H2. The molecule has 6 bridgehead atoms. The quantitative estimate of drug-likeness (QED) is 0.794. The number of nitrogens with zero attached hydrogens (tertiary/aromatic N) is 1. The van der Waals surface area contributed by atoms with Gasteiger partial charge in [0.25, 0.3) is 0 Å². The van der Waals surface area contributed by atoms with Crippen LogP contribution in [0.25, 0.3) is 10.9 Å². The first-order chi connectivity index (χ1) is 8.63. The number of aromatic hydroxyl groups is 1. The van der Waals surface area contributed by atoms with E-state index in [1.165, 1.54) is 10.8 Å². The van der Waals surface area contributed by atoms with Crippen molar-refractivity contribution >= 4 is 18.7 Å². The van der Waals surface area contributed by atoms with Crippen molar-refractivity contribution in [2.24, 2.45) is 5.73 Å². The molecule has 1 aromatic heterocycles. The summed E-state index contributed by atoms with van der Waals surface area (Å²) in [4.78, 5) is 0. The minimum absolute atomic E-state index is 0.0966. The van der Waals surface area contributed by atoms with Crippen LogP contribution >= 0.6 is 7.82 Å². The van der Waals surface area contributed by atoms with Crippen LogP contribution in [-0.4, -0.2) is 16.4 Å². The lowest BCUT2D eigenvalue weighted by molar-refractivity contribution is 0.257. The van der Waals surface area contributed by atoms with E-state index in [1.54, 1.807) is 6.07 Å². The fourth-order valence-corrected chi connectivity index (χ4v) is 3.64. The molecule has 1 atom stereocenters. The van der Waals surface area contributed by atoms with Crippen LogP contribution in [0.15, 0.2) is 12.1 Å². The lowest BCUT2D eigenvalue weighted by atomic mass is 10.1. The van der Waals surface area contributed by atoms with E-state index in [0.29, 0.717) is 29.7 Å². The highest BCUT2D eigenvalue weighted by Crippen LogP contribution is 2.62. The summed E-state index contributed by atoms with van der Waals surface area (Å²) < 4.78 is 29.2. The average Bonchev–Trinajstić information content (AvgIpc) is 2.69. The molecule has 3 N–H and O–H groups in total. The number of phenolic OH excluding ortho intramolecular Hbond substituents is 1. The van der Waals surface area contributed by atoms with E-state index < -0.39 is 7.82 Å². The first-order valence-corrected chi connectivity index (χ1v) is 6.88. The molecule has 1 unspecified atom stereocenters. The summed E-state index contributed by atoms with van der Waals surface area (Å²) in [5.41, 5.74) is 6.96. The molecule has 0 saturated heterocycles. The fourth-order valence-electron chi connectivity index (χ4n) is 2.37. The summed E-state index contributed by atoms with van der Waals surface area (Å²) in [6.45, 7) is 0.398. The van der Waals surface area contributed by atoms with Crippen molar-refractivity contribution in [3.8, 4) is 17.4 Å². The smallest absolute Gasteiger partial charge is 0.504 e. The van der Waals surface area contributed by atoms with E-state index in [4.69, 9.17) is 19.4 Å². The molecule has 3 aliphatic rings. The summed E-state index contributed by atoms with van der Waals surface area (Å²) in [6.07, 6.45) is 0.516. The molecule has 0 radical (unpaired) electrons. The Morgan fingerprint density at radius 3 is 3.00 bits per heavy atom. The van der Waals surface area contributed by atoms with Gasteiger partial charge < -0.3 is 19.9 Å². The van der Waals surface area contributed by atoms with Gasteiger partial charge in [-0.15, -0.1) is 4.73 Å². The molecular formula is C10H9N2O5P. The monoisotopic (exact) mass is 268 g/mol. The number of rotatable bonds is 2. The Balaban J connectivity index is 2.19. The van der Waals surface area contributed by atoms with E-state index in [-0.39, 0.29) is 11.5 Å². The minimum Gasteiger partial charge on any atom is -0.504 e. The van der Waals surface area contributed by atoms with Gasteiger partial charge in [0, 0.05) is 5.56 Å². The Hall–Kier alpha value is -1.85. The van der Waals surface area contributed by atoms with Gasteiger partial charge in [0.05, 0.1) is 10.9 Å². The van der Waals surface area contributed by atoms with Gasteiger partial charge in [0.15, 0.2) is 11.5 Å². The fraction of sp³-hybridized carbons (Fsp3) is 0.200. The summed E-state index contributed by atoms with van der Waals surface area (Å²) in [5, 5.41) is 10.5. The number of nitrogens with two attached hydrogens (primary N) is 1. The molecule has 4 heterocycles. The van der Waals surface area contributed by atoms with Crippen LogP contribution in [0.5, 0.6) is 17.4 Å². The summed E-state index contributed by atoms with van der Waals surface area (Å²) in [6, 6.07) is 3.12. The maximum atomic E-state index is 12.2. The Morgan fingerprint density at radius 2 is 2.22 bits per heavy atom. The minimum atomic E-state index is -3.72. The SMILES string of the molecule is NCCc1c2n3c4ccc(O)c(c14)OP(=O)(O2)O3. The molecule has 0 amide bonds. The van der Waals surface area contributed by atoms with Crippen molar-refractivity contribution in [2.75, 3.05) is 6.54 Å². The van der Waals surface area contributed by atoms with Crippen molar-refractivity contribution < 1.29 is 23.3 Å². The van der Waals surface area contributed by atoms with Crippen LogP contribution in [-0.2, 0) is 11.0 Å². The highest BCUT2D eigenvalue weighted by molar-refractivity contribution is 7.49. The average molecular weight is 268 g/mol.